The highest BCUT2D eigenvalue weighted by atomic mass is 32.2. The minimum atomic E-state index is -0.245. The molecular weight excluding hydrogens is 386 g/mol. The Labute approximate surface area is 171 Å². The van der Waals surface area contributed by atoms with Gasteiger partial charge < -0.3 is 9.15 Å². The van der Waals surface area contributed by atoms with Crippen molar-refractivity contribution in [2.75, 3.05) is 5.75 Å². The van der Waals surface area contributed by atoms with E-state index in [4.69, 9.17) is 9.15 Å². The summed E-state index contributed by atoms with van der Waals surface area (Å²) in [4.78, 5) is 16.3. The molecule has 144 valence electrons. The predicted molar refractivity (Wildman–Crippen MR) is 113 cm³/mol. The van der Waals surface area contributed by atoms with Gasteiger partial charge >= 0.3 is 0 Å². The van der Waals surface area contributed by atoms with Crippen molar-refractivity contribution in [3.8, 4) is 11.5 Å². The molecule has 0 aliphatic heterocycles. The molecule has 1 amide bonds. The Bertz CT molecular complexity index is 1110. The van der Waals surface area contributed by atoms with E-state index in [1.165, 1.54) is 11.8 Å². The number of nitrogens with one attached hydrogen (secondary N) is 1. The Morgan fingerprint density at radius 2 is 1.83 bits per heavy atom. The highest BCUT2D eigenvalue weighted by Crippen LogP contribution is 2.23. The van der Waals surface area contributed by atoms with Gasteiger partial charge in [-0.2, -0.15) is 5.10 Å². The average molecular weight is 403 g/mol. The number of aromatic nitrogens is 1. The largest absolute Gasteiger partial charge is 0.457 e. The van der Waals surface area contributed by atoms with Gasteiger partial charge in [0.05, 0.1) is 12.0 Å². The van der Waals surface area contributed by atoms with Crippen LogP contribution >= 0.6 is 11.8 Å². The van der Waals surface area contributed by atoms with Gasteiger partial charge in [0.2, 0.25) is 0 Å². The SMILES string of the molecule is O=C(CSc1nc2ccccc2o1)NN=Cc1cccc(Oc2ccccc2)c1. The van der Waals surface area contributed by atoms with E-state index in [0.29, 0.717) is 16.6 Å². The van der Waals surface area contributed by atoms with Gasteiger partial charge in [0.15, 0.2) is 5.58 Å². The zero-order valence-corrected chi connectivity index (χ0v) is 16.1. The molecule has 3 aromatic carbocycles. The van der Waals surface area contributed by atoms with Crippen LogP contribution in [0.5, 0.6) is 11.5 Å². The second-order valence-electron chi connectivity index (χ2n) is 6.02. The van der Waals surface area contributed by atoms with Gasteiger partial charge in [-0.15, -0.1) is 0 Å². The summed E-state index contributed by atoms with van der Waals surface area (Å²) < 4.78 is 11.4. The lowest BCUT2D eigenvalue weighted by Crippen LogP contribution is -2.19. The number of carbonyl (C=O) groups excluding carboxylic acids is 1. The minimum absolute atomic E-state index is 0.154. The first kappa shape index (κ1) is 18.8. The molecule has 0 aliphatic rings. The summed E-state index contributed by atoms with van der Waals surface area (Å²) in [7, 11) is 0. The highest BCUT2D eigenvalue weighted by molar-refractivity contribution is 7.99. The molecule has 1 aromatic heterocycles. The van der Waals surface area contributed by atoms with Crippen molar-refractivity contribution in [3.05, 3.63) is 84.4 Å². The van der Waals surface area contributed by atoms with Crippen LogP contribution in [0.4, 0.5) is 0 Å². The third kappa shape index (κ3) is 5.24. The number of benzene rings is 3. The van der Waals surface area contributed by atoms with Crippen molar-refractivity contribution >= 4 is 35.0 Å². The van der Waals surface area contributed by atoms with Crippen LogP contribution in [0.2, 0.25) is 0 Å². The van der Waals surface area contributed by atoms with Crippen LogP contribution in [0.3, 0.4) is 0 Å². The van der Waals surface area contributed by atoms with Gasteiger partial charge in [0, 0.05) is 0 Å². The molecule has 0 saturated heterocycles. The summed E-state index contributed by atoms with van der Waals surface area (Å²) in [5.74, 6) is 1.36. The first-order chi connectivity index (χ1) is 14.3. The summed E-state index contributed by atoms with van der Waals surface area (Å²) in [5, 5.41) is 4.45. The Kier molecular flexibility index (Phi) is 5.87. The third-order valence-corrected chi connectivity index (χ3v) is 4.67. The van der Waals surface area contributed by atoms with E-state index in [0.717, 1.165) is 16.8 Å². The van der Waals surface area contributed by atoms with Crippen LogP contribution in [0.15, 0.2) is 93.6 Å². The molecule has 1 N–H and O–H groups in total. The van der Waals surface area contributed by atoms with Crippen LogP contribution in [0.1, 0.15) is 5.56 Å². The molecule has 4 rings (SSSR count). The second-order valence-corrected chi connectivity index (χ2v) is 6.94. The van der Waals surface area contributed by atoms with E-state index in [1.807, 2.05) is 78.9 Å². The lowest BCUT2D eigenvalue weighted by Gasteiger charge is -2.05. The Morgan fingerprint density at radius 3 is 2.69 bits per heavy atom. The number of hydrogen-bond donors (Lipinski definition) is 1. The molecule has 0 spiro atoms. The van der Waals surface area contributed by atoms with Gasteiger partial charge in [0.1, 0.15) is 17.0 Å². The summed E-state index contributed by atoms with van der Waals surface area (Å²) >= 11 is 1.22. The summed E-state index contributed by atoms with van der Waals surface area (Å²) in [6.45, 7) is 0. The quantitative estimate of drug-likeness (QED) is 0.271. The first-order valence-electron chi connectivity index (χ1n) is 8.89. The van der Waals surface area contributed by atoms with Crippen molar-refractivity contribution < 1.29 is 13.9 Å². The molecule has 0 unspecified atom stereocenters. The van der Waals surface area contributed by atoms with E-state index in [9.17, 15) is 4.79 Å². The summed E-state index contributed by atoms with van der Waals surface area (Å²) in [6, 6.07) is 24.4. The molecule has 6 nitrogen and oxygen atoms in total. The molecular formula is C22H17N3O3S. The maximum Gasteiger partial charge on any atom is 0.257 e. The van der Waals surface area contributed by atoms with Crippen molar-refractivity contribution in [1.82, 2.24) is 10.4 Å². The molecule has 0 bridgehead atoms. The normalized spacial score (nSPS) is 11.0. The van der Waals surface area contributed by atoms with Gasteiger partial charge in [-0.1, -0.05) is 54.2 Å². The molecule has 4 aromatic rings. The molecule has 0 aliphatic carbocycles. The fourth-order valence-corrected chi connectivity index (χ4v) is 3.16. The van der Waals surface area contributed by atoms with Crippen LogP contribution in [-0.2, 0) is 4.79 Å². The minimum Gasteiger partial charge on any atom is -0.457 e. The van der Waals surface area contributed by atoms with Crippen LogP contribution in [0.25, 0.3) is 11.1 Å². The van der Waals surface area contributed by atoms with E-state index in [2.05, 4.69) is 15.5 Å². The summed E-state index contributed by atoms with van der Waals surface area (Å²) in [5.41, 5.74) is 4.78. The number of hydrogen-bond acceptors (Lipinski definition) is 6. The standard InChI is InChI=1S/C22H17N3O3S/c26-21(15-29-22-24-19-11-4-5-12-20(19)28-22)25-23-14-16-7-6-10-18(13-16)27-17-8-2-1-3-9-17/h1-14H,15H2,(H,25,26). The Balaban J connectivity index is 1.29. The fraction of sp³-hybridized carbons (Fsp3) is 0.0455. The number of ether oxygens (including phenoxy) is 1. The van der Waals surface area contributed by atoms with Crippen molar-refractivity contribution in [2.24, 2.45) is 5.10 Å². The van der Waals surface area contributed by atoms with Crippen LogP contribution < -0.4 is 10.2 Å². The van der Waals surface area contributed by atoms with Crippen molar-refractivity contribution in [1.29, 1.82) is 0 Å². The fourth-order valence-electron chi connectivity index (χ4n) is 2.53. The number of carbonyl (C=O) groups is 1. The summed E-state index contributed by atoms with van der Waals surface area (Å²) in [6.07, 6.45) is 1.57. The number of fused-ring (bicyclic) bond motifs is 1. The van der Waals surface area contributed by atoms with Crippen LogP contribution in [0, 0.1) is 0 Å². The molecule has 7 heteroatoms. The molecule has 0 fully saturated rings. The first-order valence-corrected chi connectivity index (χ1v) is 9.88. The predicted octanol–water partition coefficient (Wildman–Crippen LogP) is 4.86. The monoisotopic (exact) mass is 403 g/mol. The van der Waals surface area contributed by atoms with Gasteiger partial charge in [0.25, 0.3) is 11.1 Å². The number of hydrazone groups is 1. The number of amides is 1. The average Bonchev–Trinajstić information content (AvgIpc) is 3.16. The molecule has 29 heavy (non-hydrogen) atoms. The Hall–Kier alpha value is -3.58. The smallest absolute Gasteiger partial charge is 0.257 e. The van der Waals surface area contributed by atoms with E-state index in [-0.39, 0.29) is 11.7 Å². The van der Waals surface area contributed by atoms with Gasteiger partial charge in [-0.05, 0) is 42.0 Å². The maximum absolute atomic E-state index is 12.0. The van der Waals surface area contributed by atoms with Crippen LogP contribution in [-0.4, -0.2) is 22.9 Å². The van der Waals surface area contributed by atoms with E-state index in [1.54, 1.807) is 6.21 Å². The number of nitrogens with zero attached hydrogens (tertiary/aromatic N) is 2. The van der Waals surface area contributed by atoms with Gasteiger partial charge in [-0.25, -0.2) is 10.4 Å². The van der Waals surface area contributed by atoms with E-state index >= 15 is 0 Å². The van der Waals surface area contributed by atoms with Crippen molar-refractivity contribution in [3.63, 3.8) is 0 Å². The zero-order chi connectivity index (χ0) is 19.9. The lowest BCUT2D eigenvalue weighted by molar-refractivity contribution is -0.118. The molecule has 0 saturated carbocycles. The number of thioether (sulfide) groups is 1. The topological polar surface area (TPSA) is 76.7 Å². The number of rotatable bonds is 7. The molecule has 1 heterocycles. The zero-order valence-electron chi connectivity index (χ0n) is 15.3. The molecule has 0 radical (unpaired) electrons. The molecule has 0 atom stereocenters. The van der Waals surface area contributed by atoms with Gasteiger partial charge in [-0.3, -0.25) is 4.79 Å². The number of oxazole rings is 1. The third-order valence-electron chi connectivity index (χ3n) is 3.84. The van der Waals surface area contributed by atoms with Crippen molar-refractivity contribution in [2.45, 2.75) is 5.22 Å². The number of para-hydroxylation sites is 3. The second kappa shape index (κ2) is 9.07. The lowest BCUT2D eigenvalue weighted by atomic mass is 10.2. The Morgan fingerprint density at radius 1 is 1.03 bits per heavy atom. The maximum atomic E-state index is 12.0. The highest BCUT2D eigenvalue weighted by Gasteiger charge is 2.08. The van der Waals surface area contributed by atoms with E-state index < -0.39 is 0 Å².